The molecule has 3 aromatic carbocycles. The summed E-state index contributed by atoms with van der Waals surface area (Å²) in [6.07, 6.45) is 1.72. The number of aromatic nitrogens is 2. The summed E-state index contributed by atoms with van der Waals surface area (Å²) in [5, 5.41) is 5.47. The van der Waals surface area contributed by atoms with Gasteiger partial charge < -0.3 is 5.32 Å². The first kappa shape index (κ1) is 18.5. The lowest BCUT2D eigenvalue weighted by molar-refractivity contribution is -0.125. The number of rotatable bonds is 2. The number of fused-ring (bicyclic) bond motifs is 7. The van der Waals surface area contributed by atoms with E-state index in [1.54, 1.807) is 0 Å². The van der Waals surface area contributed by atoms with Gasteiger partial charge in [-0.05, 0) is 41.8 Å². The third-order valence-corrected chi connectivity index (χ3v) is 8.37. The van der Waals surface area contributed by atoms with Crippen molar-refractivity contribution in [2.45, 2.75) is 44.4 Å². The highest BCUT2D eigenvalue weighted by Crippen LogP contribution is 2.70. The average Bonchev–Trinajstić information content (AvgIpc) is 3.08. The Balaban J connectivity index is 1.54. The Bertz CT molecular complexity index is 1390. The van der Waals surface area contributed by atoms with Gasteiger partial charge in [0.05, 0.1) is 27.8 Å². The van der Waals surface area contributed by atoms with E-state index in [0.717, 1.165) is 51.7 Å². The molecule has 0 spiro atoms. The summed E-state index contributed by atoms with van der Waals surface area (Å²) < 4.78 is 0. The van der Waals surface area contributed by atoms with Crippen LogP contribution in [0.3, 0.4) is 0 Å². The van der Waals surface area contributed by atoms with E-state index in [1.165, 1.54) is 0 Å². The summed E-state index contributed by atoms with van der Waals surface area (Å²) in [5.74, 6) is 0.0286. The van der Waals surface area contributed by atoms with Gasteiger partial charge in [-0.3, -0.25) is 4.79 Å². The molecule has 4 heteroatoms. The molecule has 154 valence electrons. The molecule has 4 aromatic rings. The molecule has 2 aliphatic rings. The van der Waals surface area contributed by atoms with E-state index in [4.69, 9.17) is 9.97 Å². The lowest BCUT2D eigenvalue weighted by atomic mass is 9.63. The Hall–Kier alpha value is -3.27. The molecule has 1 fully saturated rings. The van der Waals surface area contributed by atoms with Crippen LogP contribution in [0.2, 0.25) is 0 Å². The standard InChI is InChI=1S/C27H25N3O/c1-25(2)26(3)15-16-27(25,23-22(26)28-20-12-6-7-13-21(20)29-23)24(31)30-19-14-8-10-17-9-4-5-11-18(17)19/h4-14H,15-16H2,1-3H3,(H,30,31)/t26-,27-/m1/s1. The molecule has 0 saturated heterocycles. The van der Waals surface area contributed by atoms with Crippen LogP contribution in [-0.4, -0.2) is 15.9 Å². The second kappa shape index (κ2) is 5.91. The van der Waals surface area contributed by atoms with Gasteiger partial charge in [0, 0.05) is 16.5 Å². The van der Waals surface area contributed by atoms with Crippen LogP contribution in [0.15, 0.2) is 66.7 Å². The predicted octanol–water partition coefficient (Wildman–Crippen LogP) is 5.75. The molecule has 4 nitrogen and oxygen atoms in total. The largest absolute Gasteiger partial charge is 0.325 e. The minimum Gasteiger partial charge on any atom is -0.325 e. The number of nitrogens with zero attached hydrogens (tertiary/aromatic N) is 2. The van der Waals surface area contributed by atoms with Crippen molar-refractivity contribution >= 4 is 33.4 Å². The van der Waals surface area contributed by atoms with E-state index in [0.29, 0.717) is 0 Å². The summed E-state index contributed by atoms with van der Waals surface area (Å²) in [6, 6.07) is 22.2. The van der Waals surface area contributed by atoms with E-state index in [1.807, 2.05) is 48.5 Å². The van der Waals surface area contributed by atoms with Gasteiger partial charge in [-0.25, -0.2) is 9.97 Å². The Labute approximate surface area is 181 Å². The summed E-state index contributed by atoms with van der Waals surface area (Å²) in [4.78, 5) is 24.2. The average molecular weight is 408 g/mol. The zero-order valence-electron chi connectivity index (χ0n) is 18.1. The molecule has 0 aliphatic heterocycles. The number of hydrogen-bond donors (Lipinski definition) is 1. The first-order valence-electron chi connectivity index (χ1n) is 11.0. The van der Waals surface area contributed by atoms with Gasteiger partial charge in [0.15, 0.2) is 0 Å². The molecule has 1 saturated carbocycles. The highest BCUT2D eigenvalue weighted by atomic mass is 16.2. The minimum atomic E-state index is -0.703. The van der Waals surface area contributed by atoms with E-state index in [-0.39, 0.29) is 16.7 Å². The molecule has 2 atom stereocenters. The zero-order chi connectivity index (χ0) is 21.4. The Kier molecular flexibility index (Phi) is 3.52. The van der Waals surface area contributed by atoms with E-state index in [9.17, 15) is 4.79 Å². The first-order chi connectivity index (χ1) is 14.9. The van der Waals surface area contributed by atoms with Crippen molar-refractivity contribution in [3.8, 4) is 0 Å². The third-order valence-electron chi connectivity index (χ3n) is 8.37. The molecule has 1 N–H and O–H groups in total. The molecule has 1 aromatic heterocycles. The third kappa shape index (κ3) is 2.12. The number of carbonyl (C=O) groups excluding carboxylic acids is 1. The van der Waals surface area contributed by atoms with Gasteiger partial charge in [0.2, 0.25) is 5.91 Å². The highest BCUT2D eigenvalue weighted by Gasteiger charge is 2.73. The smallest absolute Gasteiger partial charge is 0.237 e. The van der Waals surface area contributed by atoms with Crippen LogP contribution in [0, 0.1) is 5.41 Å². The number of hydrogen-bond acceptors (Lipinski definition) is 3. The van der Waals surface area contributed by atoms with Crippen molar-refractivity contribution < 1.29 is 4.79 Å². The number of carbonyl (C=O) groups is 1. The maximum atomic E-state index is 14.1. The summed E-state index contributed by atoms with van der Waals surface area (Å²) in [5.41, 5.74) is 3.28. The van der Waals surface area contributed by atoms with Crippen LogP contribution in [0.4, 0.5) is 5.69 Å². The fourth-order valence-corrected chi connectivity index (χ4v) is 6.11. The number of anilines is 1. The van der Waals surface area contributed by atoms with Gasteiger partial charge in [0.25, 0.3) is 0 Å². The molecular formula is C27H25N3O. The van der Waals surface area contributed by atoms with E-state index in [2.05, 4.69) is 44.3 Å². The molecule has 6 rings (SSSR count). The summed E-state index contributed by atoms with van der Waals surface area (Å²) >= 11 is 0. The second-order valence-corrected chi connectivity index (χ2v) is 9.75. The zero-order valence-corrected chi connectivity index (χ0v) is 18.1. The SMILES string of the molecule is CC1(C)[C@]2(C(=O)Nc3cccc4ccccc34)CC[C@]1(C)c1nc3ccccc3nc12. The van der Waals surface area contributed by atoms with Crippen molar-refractivity contribution in [3.63, 3.8) is 0 Å². The second-order valence-electron chi connectivity index (χ2n) is 9.75. The Morgan fingerprint density at radius 3 is 2.23 bits per heavy atom. The fraction of sp³-hybridized carbons (Fsp3) is 0.296. The van der Waals surface area contributed by atoms with Crippen LogP contribution in [-0.2, 0) is 15.6 Å². The lowest BCUT2D eigenvalue weighted by Crippen LogP contribution is -2.48. The molecule has 1 amide bonds. The minimum absolute atomic E-state index is 0.0286. The summed E-state index contributed by atoms with van der Waals surface area (Å²) in [7, 11) is 0. The summed E-state index contributed by atoms with van der Waals surface area (Å²) in [6.45, 7) is 6.70. The molecule has 0 radical (unpaired) electrons. The van der Waals surface area contributed by atoms with Crippen molar-refractivity contribution in [2.24, 2.45) is 5.41 Å². The number of para-hydroxylation sites is 2. The molecular weight excluding hydrogens is 382 g/mol. The molecule has 2 aliphatic carbocycles. The monoisotopic (exact) mass is 407 g/mol. The number of benzene rings is 3. The fourth-order valence-electron chi connectivity index (χ4n) is 6.11. The Morgan fingerprint density at radius 2 is 1.45 bits per heavy atom. The maximum Gasteiger partial charge on any atom is 0.237 e. The van der Waals surface area contributed by atoms with Gasteiger partial charge in [-0.2, -0.15) is 0 Å². The van der Waals surface area contributed by atoms with E-state index >= 15 is 0 Å². The van der Waals surface area contributed by atoms with Crippen LogP contribution in [0.25, 0.3) is 21.8 Å². The van der Waals surface area contributed by atoms with Crippen LogP contribution in [0.1, 0.15) is 45.0 Å². The quantitative estimate of drug-likeness (QED) is 0.460. The van der Waals surface area contributed by atoms with Crippen molar-refractivity contribution in [3.05, 3.63) is 78.1 Å². The predicted molar refractivity (Wildman–Crippen MR) is 124 cm³/mol. The molecule has 2 bridgehead atoms. The topological polar surface area (TPSA) is 54.9 Å². The van der Waals surface area contributed by atoms with Gasteiger partial charge in [-0.1, -0.05) is 69.3 Å². The van der Waals surface area contributed by atoms with Crippen molar-refractivity contribution in [2.75, 3.05) is 5.32 Å². The van der Waals surface area contributed by atoms with Crippen LogP contribution < -0.4 is 5.32 Å². The van der Waals surface area contributed by atoms with Gasteiger partial charge in [-0.15, -0.1) is 0 Å². The molecule has 1 heterocycles. The number of nitrogens with one attached hydrogen (secondary N) is 1. The first-order valence-corrected chi connectivity index (χ1v) is 11.0. The normalized spacial score (nSPS) is 25.6. The Morgan fingerprint density at radius 1 is 0.806 bits per heavy atom. The van der Waals surface area contributed by atoms with Gasteiger partial charge in [0.1, 0.15) is 0 Å². The number of amides is 1. The van der Waals surface area contributed by atoms with E-state index < -0.39 is 5.41 Å². The van der Waals surface area contributed by atoms with Crippen LogP contribution in [0.5, 0.6) is 0 Å². The van der Waals surface area contributed by atoms with Gasteiger partial charge >= 0.3 is 0 Å². The van der Waals surface area contributed by atoms with Crippen molar-refractivity contribution in [1.82, 2.24) is 9.97 Å². The van der Waals surface area contributed by atoms with Crippen LogP contribution >= 0.6 is 0 Å². The molecule has 0 unspecified atom stereocenters. The highest BCUT2D eigenvalue weighted by molar-refractivity contribution is 6.07. The lowest BCUT2D eigenvalue weighted by Gasteiger charge is -2.39. The maximum absolute atomic E-state index is 14.1. The molecule has 31 heavy (non-hydrogen) atoms. The van der Waals surface area contributed by atoms with Crippen molar-refractivity contribution in [1.29, 1.82) is 0 Å².